The average Bonchev–Trinajstić information content (AvgIpc) is 2.78. The number of carbonyl (C=O) groups excluding carboxylic acids is 3. The lowest BCUT2D eigenvalue weighted by molar-refractivity contribution is -0.138. The average molecular weight is 458 g/mol. The first kappa shape index (κ1) is 25.6. The number of benzene rings is 2. The van der Waals surface area contributed by atoms with Crippen LogP contribution in [0.2, 0.25) is 0 Å². The van der Waals surface area contributed by atoms with Crippen LogP contribution in [0.4, 0.5) is 0 Å². The molecule has 178 valence electrons. The second-order valence-corrected chi connectivity index (χ2v) is 8.27. The monoisotopic (exact) mass is 457 g/mol. The summed E-state index contributed by atoms with van der Waals surface area (Å²) in [4.78, 5) is 47.7. The summed E-state index contributed by atoms with van der Waals surface area (Å²) < 4.78 is 5.24. The van der Waals surface area contributed by atoms with Crippen molar-refractivity contribution in [3.8, 4) is 5.75 Å². The van der Waals surface area contributed by atoms with Crippen LogP contribution in [-0.4, -0.2) is 55.0 Å². The zero-order valence-electron chi connectivity index (χ0n) is 19.3. The molecule has 0 spiro atoms. The van der Waals surface area contributed by atoms with Crippen molar-refractivity contribution >= 4 is 34.5 Å². The van der Waals surface area contributed by atoms with E-state index in [9.17, 15) is 19.2 Å². The Morgan fingerprint density at radius 1 is 0.909 bits per heavy atom. The molecule has 0 aromatic heterocycles. The van der Waals surface area contributed by atoms with E-state index in [2.05, 4.69) is 16.0 Å². The summed E-state index contributed by atoms with van der Waals surface area (Å²) in [7, 11) is 1.61. The molecule has 2 rings (SSSR count). The zero-order valence-corrected chi connectivity index (χ0v) is 19.3. The van der Waals surface area contributed by atoms with Gasteiger partial charge in [-0.15, -0.1) is 0 Å². The van der Waals surface area contributed by atoms with Crippen LogP contribution in [0.5, 0.6) is 5.75 Å². The summed E-state index contributed by atoms with van der Waals surface area (Å²) in [5.74, 6) is -2.24. The molecular weight excluding hydrogens is 426 g/mol. The number of nitrogens with one attached hydrogen (secondary N) is 3. The third kappa shape index (κ3) is 7.78. The van der Waals surface area contributed by atoms with Gasteiger partial charge in [-0.05, 0) is 47.7 Å². The Morgan fingerprint density at radius 2 is 1.58 bits per heavy atom. The van der Waals surface area contributed by atoms with Crippen molar-refractivity contribution in [3.05, 3.63) is 42.0 Å². The van der Waals surface area contributed by atoms with Crippen molar-refractivity contribution in [2.45, 2.75) is 39.2 Å². The number of aliphatic carboxylic acids is 1. The summed E-state index contributed by atoms with van der Waals surface area (Å²) in [5, 5.41) is 18.0. The van der Waals surface area contributed by atoms with E-state index in [0.717, 1.165) is 22.1 Å². The standard InChI is InChI=1S/C24H31N3O6/c1-14(2)9-20(24(32)26-12-21(28)25-13-22(29)30)27-23(31)15(3)16-5-6-18-11-19(33-4)8-7-17(18)10-16/h5-8,10-11,14-15,20H,9,12-13H2,1-4H3,(H,25,28)(H,26,32)(H,27,31)(H,29,30)/t15?,20-/m0/s1. The molecule has 0 heterocycles. The third-order valence-electron chi connectivity index (χ3n) is 5.16. The second kappa shape index (κ2) is 11.8. The van der Waals surface area contributed by atoms with E-state index in [0.29, 0.717) is 6.42 Å². The maximum Gasteiger partial charge on any atom is 0.322 e. The highest BCUT2D eigenvalue weighted by Crippen LogP contribution is 2.25. The van der Waals surface area contributed by atoms with E-state index >= 15 is 0 Å². The molecule has 33 heavy (non-hydrogen) atoms. The van der Waals surface area contributed by atoms with Crippen LogP contribution in [0, 0.1) is 5.92 Å². The number of hydrogen-bond donors (Lipinski definition) is 4. The predicted molar refractivity (Wildman–Crippen MR) is 124 cm³/mol. The van der Waals surface area contributed by atoms with E-state index in [4.69, 9.17) is 9.84 Å². The van der Waals surface area contributed by atoms with Crippen molar-refractivity contribution in [2.24, 2.45) is 5.92 Å². The predicted octanol–water partition coefficient (Wildman–Crippen LogP) is 1.80. The van der Waals surface area contributed by atoms with Crippen LogP contribution in [0.3, 0.4) is 0 Å². The van der Waals surface area contributed by atoms with Gasteiger partial charge in [0, 0.05) is 0 Å². The summed E-state index contributed by atoms with van der Waals surface area (Å²) in [6.07, 6.45) is 0.387. The highest BCUT2D eigenvalue weighted by Gasteiger charge is 2.25. The van der Waals surface area contributed by atoms with Crippen molar-refractivity contribution < 1.29 is 29.0 Å². The maximum absolute atomic E-state index is 12.9. The van der Waals surface area contributed by atoms with Crippen molar-refractivity contribution in [1.29, 1.82) is 0 Å². The summed E-state index contributed by atoms with van der Waals surface area (Å²) in [6.45, 7) is 4.71. The van der Waals surface area contributed by atoms with E-state index in [1.807, 2.05) is 50.2 Å². The number of methoxy groups -OCH3 is 1. The first-order valence-electron chi connectivity index (χ1n) is 10.7. The van der Waals surface area contributed by atoms with Gasteiger partial charge in [0.25, 0.3) is 0 Å². The molecule has 9 heteroatoms. The van der Waals surface area contributed by atoms with Gasteiger partial charge < -0.3 is 25.8 Å². The number of fused-ring (bicyclic) bond motifs is 1. The zero-order chi connectivity index (χ0) is 24.5. The maximum atomic E-state index is 12.9. The van der Waals surface area contributed by atoms with Gasteiger partial charge in [-0.3, -0.25) is 19.2 Å². The highest BCUT2D eigenvalue weighted by atomic mass is 16.5. The minimum absolute atomic E-state index is 0.118. The molecule has 0 radical (unpaired) electrons. The van der Waals surface area contributed by atoms with Crippen molar-refractivity contribution in [3.63, 3.8) is 0 Å². The van der Waals surface area contributed by atoms with E-state index in [-0.39, 0.29) is 18.4 Å². The molecule has 4 N–H and O–H groups in total. The topological polar surface area (TPSA) is 134 Å². The number of carboxylic acids is 1. The fourth-order valence-electron chi connectivity index (χ4n) is 3.32. The lowest BCUT2D eigenvalue weighted by Gasteiger charge is -2.22. The molecule has 2 atom stereocenters. The Morgan fingerprint density at radius 3 is 2.21 bits per heavy atom. The van der Waals surface area contributed by atoms with Gasteiger partial charge in [-0.2, -0.15) is 0 Å². The molecule has 1 unspecified atom stereocenters. The van der Waals surface area contributed by atoms with Crippen LogP contribution in [-0.2, 0) is 19.2 Å². The number of hydrogen-bond acceptors (Lipinski definition) is 5. The van der Waals surface area contributed by atoms with E-state index < -0.39 is 36.3 Å². The molecule has 0 bridgehead atoms. The number of ether oxygens (including phenoxy) is 1. The Kier molecular flexibility index (Phi) is 9.20. The summed E-state index contributed by atoms with van der Waals surface area (Å²) >= 11 is 0. The molecule has 0 saturated heterocycles. The van der Waals surface area contributed by atoms with Crippen LogP contribution in [0.1, 0.15) is 38.7 Å². The largest absolute Gasteiger partial charge is 0.497 e. The van der Waals surface area contributed by atoms with E-state index in [1.165, 1.54) is 0 Å². The Bertz CT molecular complexity index is 1020. The molecule has 0 aliphatic carbocycles. The number of rotatable bonds is 11. The molecule has 0 aliphatic heterocycles. The van der Waals surface area contributed by atoms with Gasteiger partial charge in [0.15, 0.2) is 0 Å². The first-order valence-corrected chi connectivity index (χ1v) is 10.7. The van der Waals surface area contributed by atoms with Gasteiger partial charge in [-0.1, -0.05) is 38.1 Å². The van der Waals surface area contributed by atoms with Gasteiger partial charge in [0.1, 0.15) is 18.3 Å². The molecule has 3 amide bonds. The van der Waals surface area contributed by atoms with Crippen molar-refractivity contribution in [2.75, 3.05) is 20.2 Å². The molecule has 0 saturated carbocycles. The second-order valence-electron chi connectivity index (χ2n) is 8.27. The molecule has 0 fully saturated rings. The van der Waals surface area contributed by atoms with Crippen LogP contribution < -0.4 is 20.7 Å². The van der Waals surface area contributed by atoms with Crippen LogP contribution >= 0.6 is 0 Å². The van der Waals surface area contributed by atoms with E-state index in [1.54, 1.807) is 14.0 Å². The lowest BCUT2D eigenvalue weighted by atomic mass is 9.96. The smallest absolute Gasteiger partial charge is 0.322 e. The lowest BCUT2D eigenvalue weighted by Crippen LogP contribution is -2.50. The third-order valence-corrected chi connectivity index (χ3v) is 5.16. The quantitative estimate of drug-likeness (QED) is 0.407. The fraction of sp³-hybridized carbons (Fsp3) is 0.417. The van der Waals surface area contributed by atoms with Gasteiger partial charge >= 0.3 is 5.97 Å². The van der Waals surface area contributed by atoms with Crippen LogP contribution in [0.25, 0.3) is 10.8 Å². The fourth-order valence-corrected chi connectivity index (χ4v) is 3.32. The van der Waals surface area contributed by atoms with Crippen molar-refractivity contribution in [1.82, 2.24) is 16.0 Å². The number of carboxylic acid groups (broad SMARTS) is 1. The minimum atomic E-state index is -1.18. The number of carbonyl (C=O) groups is 4. The molecule has 2 aromatic rings. The van der Waals surface area contributed by atoms with Crippen LogP contribution in [0.15, 0.2) is 36.4 Å². The van der Waals surface area contributed by atoms with Gasteiger partial charge in [-0.25, -0.2) is 0 Å². The molecule has 9 nitrogen and oxygen atoms in total. The highest BCUT2D eigenvalue weighted by molar-refractivity contribution is 5.93. The van der Waals surface area contributed by atoms with Gasteiger partial charge in [0.05, 0.1) is 19.6 Å². The number of amides is 3. The summed E-state index contributed by atoms with van der Waals surface area (Å²) in [5.41, 5.74) is 0.807. The minimum Gasteiger partial charge on any atom is -0.497 e. The summed E-state index contributed by atoms with van der Waals surface area (Å²) in [6, 6.07) is 10.6. The Labute approximate surface area is 192 Å². The molecule has 2 aromatic carbocycles. The Hall–Kier alpha value is -3.62. The normalized spacial score (nSPS) is 12.6. The Balaban J connectivity index is 2.05. The van der Waals surface area contributed by atoms with Gasteiger partial charge in [0.2, 0.25) is 17.7 Å². The molecular formula is C24H31N3O6. The molecule has 0 aliphatic rings. The SMILES string of the molecule is COc1ccc2cc(C(C)C(=O)N[C@@H](CC(C)C)C(=O)NCC(=O)NCC(=O)O)ccc2c1. The first-order chi connectivity index (χ1) is 15.6.